The molecule has 1 aromatic carbocycles. The summed E-state index contributed by atoms with van der Waals surface area (Å²) in [7, 11) is 0. The fourth-order valence-corrected chi connectivity index (χ4v) is 2.11. The second-order valence-corrected chi connectivity index (χ2v) is 4.74. The van der Waals surface area contributed by atoms with Gasteiger partial charge in [-0.1, -0.05) is 30.3 Å². The fourth-order valence-electron chi connectivity index (χ4n) is 2.11. The number of benzene rings is 1. The third-order valence-electron chi connectivity index (χ3n) is 3.08. The van der Waals surface area contributed by atoms with Crippen molar-refractivity contribution in [2.75, 3.05) is 0 Å². The van der Waals surface area contributed by atoms with E-state index in [4.69, 9.17) is 4.74 Å². The first-order valence-corrected chi connectivity index (χ1v) is 6.42. The maximum Gasteiger partial charge on any atom is 0.341 e. The molecule has 0 saturated heterocycles. The smallest absolute Gasteiger partial charge is 0.341 e. The van der Waals surface area contributed by atoms with Crippen molar-refractivity contribution in [2.24, 2.45) is 0 Å². The zero-order chi connectivity index (χ0) is 14.7. The van der Waals surface area contributed by atoms with Crippen molar-refractivity contribution in [1.29, 1.82) is 0 Å². The summed E-state index contributed by atoms with van der Waals surface area (Å²) in [5.74, 6) is -0.850. The van der Waals surface area contributed by atoms with Crippen LogP contribution in [0, 0.1) is 13.8 Å². The standard InChI is InChI=1S/C16H17NO3/c1-10-9-11(2)17-15(14(10)16(18)19)20-12(3)13-7-5-4-6-8-13/h4-9,12H,1-3H3,(H,18,19). The van der Waals surface area contributed by atoms with Gasteiger partial charge in [-0.3, -0.25) is 0 Å². The minimum Gasteiger partial charge on any atom is -0.477 e. The van der Waals surface area contributed by atoms with Crippen LogP contribution in [0.3, 0.4) is 0 Å². The van der Waals surface area contributed by atoms with Crippen LogP contribution < -0.4 is 4.74 Å². The monoisotopic (exact) mass is 271 g/mol. The molecule has 0 spiro atoms. The van der Waals surface area contributed by atoms with Crippen molar-refractivity contribution >= 4 is 5.97 Å². The number of ether oxygens (including phenoxy) is 1. The third kappa shape index (κ3) is 2.96. The Balaban J connectivity index is 2.36. The minimum atomic E-state index is -1.02. The molecule has 2 rings (SSSR count). The number of hydrogen-bond acceptors (Lipinski definition) is 3. The van der Waals surface area contributed by atoms with Gasteiger partial charge in [0.25, 0.3) is 0 Å². The van der Waals surface area contributed by atoms with E-state index in [1.165, 1.54) is 0 Å². The van der Waals surface area contributed by atoms with Crippen LogP contribution >= 0.6 is 0 Å². The van der Waals surface area contributed by atoms with E-state index < -0.39 is 5.97 Å². The fraction of sp³-hybridized carbons (Fsp3) is 0.250. The summed E-state index contributed by atoms with van der Waals surface area (Å²) in [6.45, 7) is 5.44. The van der Waals surface area contributed by atoms with Crippen molar-refractivity contribution < 1.29 is 14.6 Å². The number of aryl methyl sites for hydroxylation is 2. The van der Waals surface area contributed by atoms with Crippen LogP contribution in [-0.4, -0.2) is 16.1 Å². The lowest BCUT2D eigenvalue weighted by Crippen LogP contribution is -2.11. The Hall–Kier alpha value is -2.36. The van der Waals surface area contributed by atoms with E-state index in [1.807, 2.05) is 44.2 Å². The number of carbonyl (C=O) groups is 1. The van der Waals surface area contributed by atoms with Crippen LogP contribution in [0.4, 0.5) is 0 Å². The molecule has 2 aromatic rings. The SMILES string of the molecule is Cc1cc(C)c(C(=O)O)c(OC(C)c2ccccc2)n1. The van der Waals surface area contributed by atoms with E-state index >= 15 is 0 Å². The number of hydrogen-bond donors (Lipinski definition) is 1. The van der Waals surface area contributed by atoms with Gasteiger partial charge in [0.1, 0.15) is 11.7 Å². The number of aromatic nitrogens is 1. The molecule has 0 aliphatic carbocycles. The highest BCUT2D eigenvalue weighted by Crippen LogP contribution is 2.26. The van der Waals surface area contributed by atoms with E-state index in [9.17, 15) is 9.90 Å². The number of aromatic carboxylic acids is 1. The lowest BCUT2D eigenvalue weighted by atomic mass is 10.1. The van der Waals surface area contributed by atoms with Gasteiger partial charge in [0.05, 0.1) is 0 Å². The van der Waals surface area contributed by atoms with Gasteiger partial charge in [-0.05, 0) is 38.0 Å². The Bertz CT molecular complexity index is 623. The quantitative estimate of drug-likeness (QED) is 0.924. The van der Waals surface area contributed by atoms with Gasteiger partial charge in [-0.25, -0.2) is 9.78 Å². The van der Waals surface area contributed by atoms with Gasteiger partial charge in [0.2, 0.25) is 5.88 Å². The van der Waals surface area contributed by atoms with Crippen LogP contribution in [-0.2, 0) is 0 Å². The second kappa shape index (κ2) is 5.74. The van der Waals surface area contributed by atoms with E-state index in [1.54, 1.807) is 13.0 Å². The van der Waals surface area contributed by atoms with Gasteiger partial charge in [-0.15, -0.1) is 0 Å². The molecule has 0 fully saturated rings. The van der Waals surface area contributed by atoms with Gasteiger partial charge in [0, 0.05) is 5.69 Å². The van der Waals surface area contributed by atoms with Gasteiger partial charge < -0.3 is 9.84 Å². The molecule has 4 heteroatoms. The Kier molecular flexibility index (Phi) is 4.03. The van der Waals surface area contributed by atoms with Crippen LogP contribution in [0.2, 0.25) is 0 Å². The number of carboxylic acid groups (broad SMARTS) is 1. The number of rotatable bonds is 4. The Morgan fingerprint density at radius 2 is 1.90 bits per heavy atom. The van der Waals surface area contributed by atoms with Gasteiger partial charge in [0.15, 0.2) is 0 Å². The summed E-state index contributed by atoms with van der Waals surface area (Å²) in [6.07, 6.45) is -0.261. The largest absolute Gasteiger partial charge is 0.477 e. The van der Waals surface area contributed by atoms with E-state index in [0.29, 0.717) is 5.56 Å². The summed E-state index contributed by atoms with van der Waals surface area (Å²) < 4.78 is 5.76. The number of nitrogens with zero attached hydrogens (tertiary/aromatic N) is 1. The lowest BCUT2D eigenvalue weighted by Gasteiger charge is -2.17. The second-order valence-electron chi connectivity index (χ2n) is 4.74. The molecule has 1 heterocycles. The van der Waals surface area contributed by atoms with Crippen LogP contribution in [0.15, 0.2) is 36.4 Å². The lowest BCUT2D eigenvalue weighted by molar-refractivity contribution is 0.0687. The molecular formula is C16H17NO3. The summed E-state index contributed by atoms with van der Waals surface area (Å²) in [6, 6.07) is 11.4. The first-order valence-electron chi connectivity index (χ1n) is 6.42. The highest BCUT2D eigenvalue weighted by molar-refractivity contribution is 5.91. The predicted octanol–water partition coefficient (Wildman–Crippen LogP) is 3.54. The van der Waals surface area contributed by atoms with Crippen LogP contribution in [0.1, 0.15) is 40.2 Å². The van der Waals surface area contributed by atoms with Crippen molar-refractivity contribution in [3.8, 4) is 5.88 Å². The maximum absolute atomic E-state index is 11.4. The number of pyridine rings is 1. The molecule has 104 valence electrons. The van der Waals surface area contributed by atoms with Crippen LogP contribution in [0.25, 0.3) is 0 Å². The van der Waals surface area contributed by atoms with Gasteiger partial charge >= 0.3 is 5.97 Å². The minimum absolute atomic E-state index is 0.124. The first kappa shape index (κ1) is 14.1. The average Bonchev–Trinajstić information content (AvgIpc) is 2.38. The first-order chi connectivity index (χ1) is 9.49. The van der Waals surface area contributed by atoms with Gasteiger partial charge in [-0.2, -0.15) is 0 Å². The normalized spacial score (nSPS) is 11.9. The molecule has 0 amide bonds. The zero-order valence-electron chi connectivity index (χ0n) is 11.8. The highest BCUT2D eigenvalue weighted by atomic mass is 16.5. The molecule has 0 aliphatic rings. The van der Waals surface area contributed by atoms with E-state index in [0.717, 1.165) is 11.3 Å². The molecular weight excluding hydrogens is 254 g/mol. The molecule has 1 unspecified atom stereocenters. The average molecular weight is 271 g/mol. The maximum atomic E-state index is 11.4. The molecule has 0 bridgehead atoms. The molecule has 0 saturated carbocycles. The number of carboxylic acids is 1. The molecule has 20 heavy (non-hydrogen) atoms. The Morgan fingerprint density at radius 1 is 1.25 bits per heavy atom. The molecule has 1 atom stereocenters. The molecule has 1 aromatic heterocycles. The van der Waals surface area contributed by atoms with E-state index in [-0.39, 0.29) is 17.5 Å². The zero-order valence-corrected chi connectivity index (χ0v) is 11.8. The van der Waals surface area contributed by atoms with Crippen molar-refractivity contribution in [3.05, 3.63) is 58.8 Å². The molecule has 1 N–H and O–H groups in total. The summed E-state index contributed by atoms with van der Waals surface area (Å²) in [4.78, 5) is 15.6. The summed E-state index contributed by atoms with van der Waals surface area (Å²) >= 11 is 0. The Morgan fingerprint density at radius 3 is 2.50 bits per heavy atom. The molecule has 0 radical (unpaired) electrons. The Labute approximate surface area is 118 Å². The molecule has 0 aliphatic heterocycles. The molecule has 4 nitrogen and oxygen atoms in total. The highest BCUT2D eigenvalue weighted by Gasteiger charge is 2.19. The third-order valence-corrected chi connectivity index (χ3v) is 3.08. The predicted molar refractivity (Wildman–Crippen MR) is 76.2 cm³/mol. The van der Waals surface area contributed by atoms with Crippen molar-refractivity contribution in [1.82, 2.24) is 4.98 Å². The topological polar surface area (TPSA) is 59.4 Å². The van der Waals surface area contributed by atoms with E-state index in [2.05, 4.69) is 4.98 Å². The van der Waals surface area contributed by atoms with Crippen molar-refractivity contribution in [2.45, 2.75) is 26.9 Å². The summed E-state index contributed by atoms with van der Waals surface area (Å²) in [5.41, 5.74) is 2.49. The van der Waals surface area contributed by atoms with Crippen LogP contribution in [0.5, 0.6) is 5.88 Å². The van der Waals surface area contributed by atoms with Crippen molar-refractivity contribution in [3.63, 3.8) is 0 Å². The summed E-state index contributed by atoms with van der Waals surface area (Å²) in [5, 5.41) is 9.30.